The molecule has 6 heteroatoms. The molecule has 3 rings (SSSR count). The lowest BCUT2D eigenvalue weighted by Gasteiger charge is -2.22. The zero-order chi connectivity index (χ0) is 15.5. The van der Waals surface area contributed by atoms with Crippen LogP contribution in [0.15, 0.2) is 47.2 Å². The van der Waals surface area contributed by atoms with Crippen molar-refractivity contribution in [2.45, 2.75) is 5.37 Å². The van der Waals surface area contributed by atoms with E-state index in [0.717, 1.165) is 15.7 Å². The van der Waals surface area contributed by atoms with E-state index in [1.807, 2.05) is 23.2 Å². The van der Waals surface area contributed by atoms with Crippen LogP contribution in [0.3, 0.4) is 0 Å². The van der Waals surface area contributed by atoms with Crippen LogP contribution in [0.25, 0.3) is 5.69 Å². The van der Waals surface area contributed by atoms with Crippen molar-refractivity contribution in [2.24, 2.45) is 0 Å². The predicted molar refractivity (Wildman–Crippen MR) is 92.3 cm³/mol. The van der Waals surface area contributed by atoms with Crippen LogP contribution in [-0.2, 0) is 9.53 Å². The minimum absolute atomic E-state index is 0.0827. The molecule has 1 amide bonds. The molecule has 1 fully saturated rings. The van der Waals surface area contributed by atoms with Crippen molar-refractivity contribution in [1.82, 2.24) is 9.47 Å². The Bertz CT molecular complexity index is 656. The summed E-state index contributed by atoms with van der Waals surface area (Å²) in [7, 11) is 1.66. The van der Waals surface area contributed by atoms with Crippen LogP contribution >= 0.6 is 27.7 Å². The highest BCUT2D eigenvalue weighted by molar-refractivity contribution is 9.10. The van der Waals surface area contributed by atoms with Gasteiger partial charge in [-0.15, -0.1) is 11.8 Å². The van der Waals surface area contributed by atoms with Gasteiger partial charge in [-0.25, -0.2) is 0 Å². The van der Waals surface area contributed by atoms with Crippen LogP contribution in [0.4, 0.5) is 0 Å². The van der Waals surface area contributed by atoms with Gasteiger partial charge in [-0.1, -0.05) is 15.9 Å². The molecule has 2 aromatic rings. The summed E-state index contributed by atoms with van der Waals surface area (Å²) >= 11 is 5.12. The van der Waals surface area contributed by atoms with Gasteiger partial charge in [0.25, 0.3) is 0 Å². The SMILES string of the molecule is COCCN1C(=O)CS[C@@H]1c1ccn(-c2ccc(Br)cc2)c1. The summed E-state index contributed by atoms with van der Waals surface area (Å²) in [5.41, 5.74) is 2.25. The quantitative estimate of drug-likeness (QED) is 0.796. The third-order valence-corrected chi connectivity index (χ3v) is 5.41. The number of aromatic nitrogens is 1. The number of carbonyl (C=O) groups excluding carboxylic acids is 1. The van der Waals surface area contributed by atoms with Gasteiger partial charge in [-0.05, 0) is 30.3 Å². The number of ether oxygens (including phenoxy) is 1. The van der Waals surface area contributed by atoms with Crippen molar-refractivity contribution < 1.29 is 9.53 Å². The molecule has 1 atom stereocenters. The van der Waals surface area contributed by atoms with Gasteiger partial charge in [-0.3, -0.25) is 4.79 Å². The third kappa shape index (κ3) is 3.24. The number of hydrogen-bond acceptors (Lipinski definition) is 3. The van der Waals surface area contributed by atoms with Gasteiger partial charge in [0.1, 0.15) is 5.37 Å². The number of halogens is 1. The number of nitrogens with zero attached hydrogens (tertiary/aromatic N) is 2. The normalized spacial score (nSPS) is 18.2. The number of methoxy groups -OCH3 is 1. The summed E-state index contributed by atoms with van der Waals surface area (Å²) in [4.78, 5) is 13.9. The Balaban J connectivity index is 1.80. The highest BCUT2D eigenvalue weighted by Gasteiger charge is 2.32. The Morgan fingerprint density at radius 1 is 1.32 bits per heavy atom. The number of rotatable bonds is 5. The maximum Gasteiger partial charge on any atom is 0.233 e. The monoisotopic (exact) mass is 380 g/mol. The molecule has 4 nitrogen and oxygen atoms in total. The molecular formula is C16H17BrN2O2S. The zero-order valence-electron chi connectivity index (χ0n) is 12.2. The first kappa shape index (κ1) is 15.6. The Morgan fingerprint density at radius 2 is 2.09 bits per heavy atom. The second kappa shape index (κ2) is 6.89. The molecular weight excluding hydrogens is 364 g/mol. The van der Waals surface area contributed by atoms with Crippen molar-refractivity contribution in [2.75, 3.05) is 26.0 Å². The lowest BCUT2D eigenvalue weighted by Crippen LogP contribution is -2.31. The average Bonchev–Trinajstić information content (AvgIpc) is 3.13. The van der Waals surface area contributed by atoms with E-state index in [-0.39, 0.29) is 11.3 Å². The summed E-state index contributed by atoms with van der Waals surface area (Å²) in [5.74, 6) is 0.723. The van der Waals surface area contributed by atoms with Gasteiger partial charge in [0.05, 0.1) is 12.4 Å². The van der Waals surface area contributed by atoms with Crippen LogP contribution in [-0.4, -0.2) is 41.4 Å². The summed E-state index contributed by atoms with van der Waals surface area (Å²) < 4.78 is 8.25. The molecule has 22 heavy (non-hydrogen) atoms. The predicted octanol–water partition coefficient (Wildman–Crippen LogP) is 3.46. The fraction of sp³-hybridized carbons (Fsp3) is 0.312. The van der Waals surface area contributed by atoms with Crippen molar-refractivity contribution >= 4 is 33.6 Å². The molecule has 116 valence electrons. The fourth-order valence-corrected chi connectivity index (χ4v) is 3.96. The van der Waals surface area contributed by atoms with Gasteiger partial charge in [-0.2, -0.15) is 0 Å². The van der Waals surface area contributed by atoms with Crippen LogP contribution in [0.1, 0.15) is 10.9 Å². The Morgan fingerprint density at radius 3 is 2.82 bits per heavy atom. The second-order valence-electron chi connectivity index (χ2n) is 5.07. The maximum atomic E-state index is 12.0. The number of carbonyl (C=O) groups is 1. The molecule has 0 spiro atoms. The van der Waals surface area contributed by atoms with E-state index in [2.05, 4.69) is 44.9 Å². The zero-order valence-corrected chi connectivity index (χ0v) is 14.6. The standard InChI is InChI=1S/C16H17BrN2O2S/c1-21-9-8-19-15(20)11-22-16(19)12-6-7-18(10-12)14-4-2-13(17)3-5-14/h2-7,10,16H,8-9,11H2,1H3/t16-/m1/s1. The van der Waals surface area contributed by atoms with Gasteiger partial charge in [0.2, 0.25) is 5.91 Å². The van der Waals surface area contributed by atoms with E-state index in [1.54, 1.807) is 18.9 Å². The average molecular weight is 381 g/mol. The van der Waals surface area contributed by atoms with Gasteiger partial charge in [0.15, 0.2) is 0 Å². The molecule has 1 saturated heterocycles. The first-order valence-electron chi connectivity index (χ1n) is 7.03. The maximum absolute atomic E-state index is 12.0. The molecule has 2 heterocycles. The van der Waals surface area contributed by atoms with Gasteiger partial charge >= 0.3 is 0 Å². The Kier molecular flexibility index (Phi) is 4.90. The van der Waals surface area contributed by atoms with E-state index in [4.69, 9.17) is 4.74 Å². The first-order valence-corrected chi connectivity index (χ1v) is 8.87. The molecule has 0 bridgehead atoms. The van der Waals surface area contributed by atoms with Crippen LogP contribution in [0, 0.1) is 0 Å². The molecule has 0 aliphatic carbocycles. The van der Waals surface area contributed by atoms with Crippen LogP contribution < -0.4 is 0 Å². The lowest BCUT2D eigenvalue weighted by atomic mass is 10.3. The fourth-order valence-electron chi connectivity index (χ4n) is 2.49. The first-order chi connectivity index (χ1) is 10.7. The van der Waals surface area contributed by atoms with E-state index in [1.165, 1.54) is 0 Å². The van der Waals surface area contributed by atoms with Gasteiger partial charge in [0, 0.05) is 41.8 Å². The highest BCUT2D eigenvalue weighted by atomic mass is 79.9. The molecule has 1 aliphatic heterocycles. The number of amides is 1. The number of benzene rings is 1. The second-order valence-corrected chi connectivity index (χ2v) is 7.06. The summed E-state index contributed by atoms with van der Waals surface area (Å²) in [6.45, 7) is 1.20. The van der Waals surface area contributed by atoms with E-state index >= 15 is 0 Å². The smallest absolute Gasteiger partial charge is 0.233 e. The highest BCUT2D eigenvalue weighted by Crippen LogP contribution is 2.38. The van der Waals surface area contributed by atoms with Crippen molar-refractivity contribution in [1.29, 1.82) is 0 Å². The van der Waals surface area contributed by atoms with Crippen LogP contribution in [0.5, 0.6) is 0 Å². The minimum atomic E-state index is 0.0827. The molecule has 1 aromatic heterocycles. The molecule has 1 aliphatic rings. The van der Waals surface area contributed by atoms with Crippen molar-refractivity contribution in [3.63, 3.8) is 0 Å². The number of hydrogen-bond donors (Lipinski definition) is 0. The topological polar surface area (TPSA) is 34.5 Å². The van der Waals surface area contributed by atoms with Crippen LogP contribution in [0.2, 0.25) is 0 Å². The van der Waals surface area contributed by atoms with E-state index in [9.17, 15) is 4.79 Å². The minimum Gasteiger partial charge on any atom is -0.383 e. The number of thioether (sulfide) groups is 1. The molecule has 1 aromatic carbocycles. The molecule has 0 radical (unpaired) electrons. The summed E-state index contributed by atoms with van der Waals surface area (Å²) in [6, 6.07) is 10.2. The van der Waals surface area contributed by atoms with Gasteiger partial charge < -0.3 is 14.2 Å². The lowest BCUT2D eigenvalue weighted by molar-refractivity contribution is -0.128. The molecule has 0 unspecified atom stereocenters. The summed E-state index contributed by atoms with van der Waals surface area (Å²) in [6.07, 6.45) is 4.13. The molecule has 0 saturated carbocycles. The Labute approximate surface area is 142 Å². The van der Waals surface area contributed by atoms with Crippen molar-refractivity contribution in [3.8, 4) is 5.69 Å². The summed E-state index contributed by atoms with van der Waals surface area (Å²) in [5, 5.41) is 0.0827. The molecule has 0 N–H and O–H groups in total. The van der Waals surface area contributed by atoms with E-state index < -0.39 is 0 Å². The largest absolute Gasteiger partial charge is 0.383 e. The van der Waals surface area contributed by atoms with Crippen molar-refractivity contribution in [3.05, 3.63) is 52.8 Å². The van der Waals surface area contributed by atoms with E-state index in [0.29, 0.717) is 18.9 Å². The third-order valence-electron chi connectivity index (χ3n) is 3.63. The Hall–Kier alpha value is -1.24.